The Kier molecular flexibility index (Phi) is 5.38. The fourth-order valence-corrected chi connectivity index (χ4v) is 3.19. The van der Waals surface area contributed by atoms with Crippen LogP contribution in [0.15, 0.2) is 42.5 Å². The van der Waals surface area contributed by atoms with Crippen molar-refractivity contribution in [3.63, 3.8) is 0 Å². The molecule has 0 aliphatic rings. The van der Waals surface area contributed by atoms with Crippen molar-refractivity contribution in [2.45, 2.75) is 19.0 Å². The van der Waals surface area contributed by atoms with Gasteiger partial charge in [-0.05, 0) is 22.8 Å². The van der Waals surface area contributed by atoms with E-state index in [-0.39, 0.29) is 18.1 Å². The van der Waals surface area contributed by atoms with Gasteiger partial charge in [-0.3, -0.25) is 4.79 Å². The summed E-state index contributed by atoms with van der Waals surface area (Å²) in [7, 11) is -1.43. The lowest BCUT2D eigenvalue weighted by molar-refractivity contribution is -0.131. The van der Waals surface area contributed by atoms with Crippen LogP contribution in [0, 0.1) is 0 Å². The number of rotatable bonds is 6. The van der Waals surface area contributed by atoms with Crippen LogP contribution in [-0.2, 0) is 21.2 Å². The first-order chi connectivity index (χ1) is 10.8. The van der Waals surface area contributed by atoms with Crippen LogP contribution in [0.2, 0.25) is 0 Å². The molecule has 1 amide bonds. The first kappa shape index (κ1) is 17.4. The molecule has 0 aromatic heterocycles. The van der Waals surface area contributed by atoms with Gasteiger partial charge in [0.2, 0.25) is 5.91 Å². The van der Waals surface area contributed by atoms with Crippen molar-refractivity contribution in [1.29, 1.82) is 0 Å². The standard InChI is InChI=1S/C17H22N2O3S/c1-19(17(20)16(18)10-11-23(2,21)22)12-14-8-5-7-13-6-3-4-9-15(13)14/h3-9,16H,10-12,18H2,1-2H3/t16-/m0/s1. The third kappa shape index (κ3) is 4.77. The van der Waals surface area contributed by atoms with Gasteiger partial charge in [0.05, 0.1) is 11.8 Å². The number of carbonyl (C=O) groups is 1. The Labute approximate surface area is 137 Å². The van der Waals surface area contributed by atoms with Crippen LogP contribution in [0.4, 0.5) is 0 Å². The van der Waals surface area contributed by atoms with E-state index in [1.807, 2.05) is 42.5 Å². The molecular formula is C17H22N2O3S. The van der Waals surface area contributed by atoms with Crippen LogP contribution < -0.4 is 5.73 Å². The van der Waals surface area contributed by atoms with Gasteiger partial charge in [-0.2, -0.15) is 0 Å². The summed E-state index contributed by atoms with van der Waals surface area (Å²) in [4.78, 5) is 13.9. The molecule has 0 bridgehead atoms. The molecule has 2 aromatic carbocycles. The summed E-state index contributed by atoms with van der Waals surface area (Å²) in [6, 6.07) is 13.1. The van der Waals surface area contributed by atoms with E-state index in [1.54, 1.807) is 11.9 Å². The summed E-state index contributed by atoms with van der Waals surface area (Å²) < 4.78 is 22.4. The lowest BCUT2D eigenvalue weighted by Gasteiger charge is -2.22. The normalized spacial score (nSPS) is 13.0. The predicted molar refractivity (Wildman–Crippen MR) is 92.7 cm³/mol. The second-order valence-electron chi connectivity index (χ2n) is 5.86. The Bertz CT molecular complexity index is 797. The van der Waals surface area contributed by atoms with Crippen LogP contribution in [0.25, 0.3) is 10.8 Å². The molecule has 0 aliphatic heterocycles. The zero-order chi connectivity index (χ0) is 17.0. The monoisotopic (exact) mass is 334 g/mol. The molecule has 0 unspecified atom stereocenters. The molecule has 0 saturated carbocycles. The van der Waals surface area contributed by atoms with Gasteiger partial charge in [-0.15, -0.1) is 0 Å². The van der Waals surface area contributed by atoms with E-state index < -0.39 is 15.9 Å². The summed E-state index contributed by atoms with van der Waals surface area (Å²) in [5.74, 6) is -0.330. The molecule has 6 heteroatoms. The first-order valence-corrected chi connectivity index (χ1v) is 9.49. The highest BCUT2D eigenvalue weighted by atomic mass is 32.2. The van der Waals surface area contributed by atoms with Crippen LogP contribution in [-0.4, -0.2) is 44.3 Å². The molecule has 124 valence electrons. The minimum Gasteiger partial charge on any atom is -0.340 e. The van der Waals surface area contributed by atoms with Gasteiger partial charge in [-0.1, -0.05) is 42.5 Å². The van der Waals surface area contributed by atoms with E-state index in [4.69, 9.17) is 5.73 Å². The molecule has 0 aliphatic carbocycles. The maximum atomic E-state index is 12.3. The lowest BCUT2D eigenvalue weighted by atomic mass is 10.0. The number of benzene rings is 2. The molecule has 23 heavy (non-hydrogen) atoms. The molecule has 2 N–H and O–H groups in total. The van der Waals surface area contributed by atoms with Gasteiger partial charge in [-0.25, -0.2) is 8.42 Å². The van der Waals surface area contributed by atoms with Gasteiger partial charge in [0.1, 0.15) is 9.84 Å². The topological polar surface area (TPSA) is 80.5 Å². The molecule has 5 nitrogen and oxygen atoms in total. The maximum Gasteiger partial charge on any atom is 0.239 e. The Balaban J connectivity index is 2.08. The molecule has 2 rings (SSSR count). The van der Waals surface area contributed by atoms with Crippen molar-refractivity contribution >= 4 is 26.5 Å². The fourth-order valence-electron chi connectivity index (χ4n) is 2.51. The molecule has 0 spiro atoms. The first-order valence-electron chi connectivity index (χ1n) is 7.43. The van der Waals surface area contributed by atoms with Crippen LogP contribution in [0.1, 0.15) is 12.0 Å². The Morgan fingerprint density at radius 1 is 1.17 bits per heavy atom. The van der Waals surface area contributed by atoms with E-state index in [0.717, 1.165) is 22.6 Å². The van der Waals surface area contributed by atoms with E-state index in [2.05, 4.69) is 0 Å². The number of amides is 1. The lowest BCUT2D eigenvalue weighted by Crippen LogP contribution is -2.42. The number of nitrogens with zero attached hydrogens (tertiary/aromatic N) is 1. The van der Waals surface area contributed by atoms with Crippen LogP contribution >= 0.6 is 0 Å². The summed E-state index contributed by atoms with van der Waals surface area (Å²) in [5.41, 5.74) is 6.87. The highest BCUT2D eigenvalue weighted by Crippen LogP contribution is 2.19. The van der Waals surface area contributed by atoms with E-state index in [1.165, 1.54) is 0 Å². The van der Waals surface area contributed by atoms with Crippen molar-refractivity contribution in [2.24, 2.45) is 5.73 Å². The van der Waals surface area contributed by atoms with Gasteiger partial charge in [0, 0.05) is 19.8 Å². The average Bonchev–Trinajstić information content (AvgIpc) is 2.51. The van der Waals surface area contributed by atoms with Crippen molar-refractivity contribution in [3.8, 4) is 0 Å². The second-order valence-corrected chi connectivity index (χ2v) is 8.12. The Hall–Kier alpha value is -1.92. The van der Waals surface area contributed by atoms with Gasteiger partial charge < -0.3 is 10.6 Å². The number of nitrogens with two attached hydrogens (primary N) is 1. The van der Waals surface area contributed by atoms with Crippen molar-refractivity contribution < 1.29 is 13.2 Å². The molecular weight excluding hydrogens is 312 g/mol. The fraction of sp³-hybridized carbons (Fsp3) is 0.353. The minimum absolute atomic E-state index is 0.0813. The number of fused-ring (bicyclic) bond motifs is 1. The van der Waals surface area contributed by atoms with Gasteiger partial charge in [0.25, 0.3) is 0 Å². The third-order valence-electron chi connectivity index (χ3n) is 3.78. The smallest absolute Gasteiger partial charge is 0.239 e. The largest absolute Gasteiger partial charge is 0.340 e. The molecule has 1 atom stereocenters. The summed E-state index contributed by atoms with van der Waals surface area (Å²) in [5, 5.41) is 2.21. The molecule has 0 fully saturated rings. The Morgan fingerprint density at radius 3 is 2.52 bits per heavy atom. The number of hydrogen-bond donors (Lipinski definition) is 1. The highest BCUT2D eigenvalue weighted by molar-refractivity contribution is 7.90. The zero-order valence-corrected chi connectivity index (χ0v) is 14.2. The van der Waals surface area contributed by atoms with Gasteiger partial charge >= 0.3 is 0 Å². The quantitative estimate of drug-likeness (QED) is 0.869. The summed E-state index contributed by atoms with van der Waals surface area (Å²) in [6.45, 7) is 0.437. The molecule has 2 aromatic rings. The number of hydrogen-bond acceptors (Lipinski definition) is 4. The second kappa shape index (κ2) is 7.10. The van der Waals surface area contributed by atoms with Crippen molar-refractivity contribution in [3.05, 3.63) is 48.0 Å². The van der Waals surface area contributed by atoms with Crippen molar-refractivity contribution in [2.75, 3.05) is 19.1 Å². The van der Waals surface area contributed by atoms with Gasteiger partial charge in [0.15, 0.2) is 0 Å². The Morgan fingerprint density at radius 2 is 1.83 bits per heavy atom. The number of likely N-dealkylation sites (N-methyl/N-ethyl adjacent to an activating group) is 1. The molecule has 0 heterocycles. The van der Waals surface area contributed by atoms with Crippen LogP contribution in [0.3, 0.4) is 0 Å². The number of carbonyl (C=O) groups excluding carboxylic acids is 1. The minimum atomic E-state index is -3.12. The summed E-state index contributed by atoms with van der Waals surface area (Å²) >= 11 is 0. The average molecular weight is 334 g/mol. The van der Waals surface area contributed by atoms with E-state index in [9.17, 15) is 13.2 Å². The highest BCUT2D eigenvalue weighted by Gasteiger charge is 2.20. The third-order valence-corrected chi connectivity index (χ3v) is 4.76. The predicted octanol–water partition coefficient (Wildman–Crippen LogP) is 1.56. The SMILES string of the molecule is CN(Cc1cccc2ccccc12)C(=O)[C@@H](N)CCS(C)(=O)=O. The molecule has 0 saturated heterocycles. The van der Waals surface area contributed by atoms with Crippen molar-refractivity contribution in [1.82, 2.24) is 4.90 Å². The van der Waals surface area contributed by atoms with E-state index >= 15 is 0 Å². The molecule has 0 radical (unpaired) electrons. The maximum absolute atomic E-state index is 12.3. The number of sulfone groups is 1. The zero-order valence-electron chi connectivity index (χ0n) is 13.4. The van der Waals surface area contributed by atoms with Crippen LogP contribution in [0.5, 0.6) is 0 Å². The van der Waals surface area contributed by atoms with E-state index in [0.29, 0.717) is 6.54 Å². The summed E-state index contributed by atoms with van der Waals surface area (Å²) in [6.07, 6.45) is 1.28.